The van der Waals surface area contributed by atoms with Crippen molar-refractivity contribution >= 4 is 11.6 Å². The van der Waals surface area contributed by atoms with Crippen molar-refractivity contribution in [3.63, 3.8) is 0 Å². The number of hydrogen-bond donors (Lipinski definition) is 0. The summed E-state index contributed by atoms with van der Waals surface area (Å²) in [5, 5.41) is 8.30. The van der Waals surface area contributed by atoms with Gasteiger partial charge in [0.1, 0.15) is 17.5 Å². The van der Waals surface area contributed by atoms with Gasteiger partial charge in [0.2, 0.25) is 0 Å². The van der Waals surface area contributed by atoms with Crippen LogP contribution in [0.3, 0.4) is 0 Å². The second-order valence-corrected chi connectivity index (χ2v) is 5.24. The summed E-state index contributed by atoms with van der Waals surface area (Å²) < 4.78 is 14.9. The summed E-state index contributed by atoms with van der Waals surface area (Å²) in [5.74, 6) is 2.27. The fraction of sp³-hybridized carbons (Fsp3) is 0.429. The van der Waals surface area contributed by atoms with Crippen LogP contribution in [0.1, 0.15) is 31.1 Å². The van der Waals surface area contributed by atoms with Crippen molar-refractivity contribution in [2.45, 2.75) is 32.7 Å². The van der Waals surface area contributed by atoms with Gasteiger partial charge < -0.3 is 4.57 Å². The maximum absolute atomic E-state index is 12.9. The minimum atomic E-state index is -0.228. The van der Waals surface area contributed by atoms with Gasteiger partial charge in [-0.3, -0.25) is 0 Å². The minimum Gasteiger partial charge on any atom is -0.313 e. The van der Waals surface area contributed by atoms with E-state index in [9.17, 15) is 4.39 Å². The molecule has 0 aliphatic heterocycles. The molecule has 19 heavy (non-hydrogen) atoms. The van der Waals surface area contributed by atoms with Gasteiger partial charge in [-0.05, 0) is 23.6 Å². The molecule has 0 N–H and O–H groups in total. The van der Waals surface area contributed by atoms with Crippen LogP contribution in [0.4, 0.5) is 4.39 Å². The molecule has 0 amide bonds. The van der Waals surface area contributed by atoms with E-state index in [1.165, 1.54) is 12.1 Å². The molecule has 0 aliphatic rings. The topological polar surface area (TPSA) is 30.7 Å². The first-order valence-electron chi connectivity index (χ1n) is 6.31. The largest absolute Gasteiger partial charge is 0.313 e. The summed E-state index contributed by atoms with van der Waals surface area (Å²) in [6.07, 6.45) is 0.636. The number of benzene rings is 1. The molecule has 2 aromatic rings. The molecule has 0 bridgehead atoms. The molecule has 1 aromatic heterocycles. The molecule has 5 heteroatoms. The molecular weight excluding hydrogens is 265 g/mol. The summed E-state index contributed by atoms with van der Waals surface area (Å²) in [4.78, 5) is 0. The third kappa shape index (κ3) is 3.53. The molecule has 0 atom stereocenters. The fourth-order valence-corrected chi connectivity index (χ4v) is 2.16. The smallest absolute Gasteiger partial charge is 0.147 e. The van der Waals surface area contributed by atoms with E-state index in [-0.39, 0.29) is 5.82 Å². The van der Waals surface area contributed by atoms with Gasteiger partial charge in [0, 0.05) is 13.0 Å². The quantitative estimate of drug-likeness (QED) is 0.787. The zero-order valence-corrected chi connectivity index (χ0v) is 11.9. The lowest BCUT2D eigenvalue weighted by molar-refractivity contribution is 0.499. The van der Waals surface area contributed by atoms with Gasteiger partial charge in [-0.15, -0.1) is 21.8 Å². The highest BCUT2D eigenvalue weighted by Gasteiger charge is 2.12. The average molecular weight is 282 g/mol. The van der Waals surface area contributed by atoms with E-state index >= 15 is 0 Å². The van der Waals surface area contributed by atoms with Crippen LogP contribution in [0.15, 0.2) is 24.3 Å². The van der Waals surface area contributed by atoms with E-state index in [1.807, 2.05) is 0 Å². The van der Waals surface area contributed by atoms with Crippen molar-refractivity contribution in [3.05, 3.63) is 47.3 Å². The Kier molecular flexibility index (Phi) is 4.53. The number of alkyl halides is 1. The summed E-state index contributed by atoms with van der Waals surface area (Å²) >= 11 is 5.88. The lowest BCUT2D eigenvalue weighted by atomic mass is 10.1. The molecule has 0 radical (unpaired) electrons. The lowest BCUT2D eigenvalue weighted by Gasteiger charge is -2.11. The molecule has 0 spiro atoms. The van der Waals surface area contributed by atoms with Crippen molar-refractivity contribution in [2.24, 2.45) is 5.92 Å². The van der Waals surface area contributed by atoms with Gasteiger partial charge in [0.15, 0.2) is 0 Å². The Balaban J connectivity index is 2.24. The first-order valence-corrected chi connectivity index (χ1v) is 6.85. The van der Waals surface area contributed by atoms with Gasteiger partial charge in [0.05, 0.1) is 5.88 Å². The van der Waals surface area contributed by atoms with E-state index in [1.54, 1.807) is 12.1 Å². The first kappa shape index (κ1) is 14.0. The Morgan fingerprint density at radius 2 is 1.79 bits per heavy atom. The standard InChI is InChI=1S/C14H17ClFN3/c1-10(2)9-19-13(17-18-14(19)8-15)7-11-3-5-12(16)6-4-11/h3-6,10H,7-9H2,1-2H3. The van der Waals surface area contributed by atoms with Crippen molar-refractivity contribution < 1.29 is 4.39 Å². The summed E-state index contributed by atoms with van der Waals surface area (Å²) in [7, 11) is 0. The third-order valence-electron chi connectivity index (χ3n) is 2.85. The summed E-state index contributed by atoms with van der Waals surface area (Å²) in [6.45, 7) is 5.12. The maximum Gasteiger partial charge on any atom is 0.147 e. The van der Waals surface area contributed by atoms with Gasteiger partial charge in [-0.25, -0.2) is 4.39 Å². The number of rotatable bonds is 5. The van der Waals surface area contributed by atoms with Gasteiger partial charge >= 0.3 is 0 Å². The molecule has 0 unspecified atom stereocenters. The predicted molar refractivity (Wildman–Crippen MR) is 73.6 cm³/mol. The number of aromatic nitrogens is 3. The van der Waals surface area contributed by atoms with Crippen molar-refractivity contribution in [1.82, 2.24) is 14.8 Å². The zero-order valence-electron chi connectivity index (χ0n) is 11.1. The Morgan fingerprint density at radius 3 is 2.37 bits per heavy atom. The molecule has 2 rings (SSSR count). The molecule has 102 valence electrons. The van der Waals surface area contributed by atoms with Crippen LogP contribution in [0.25, 0.3) is 0 Å². The first-order chi connectivity index (χ1) is 9.10. The highest BCUT2D eigenvalue weighted by atomic mass is 35.5. The second-order valence-electron chi connectivity index (χ2n) is 4.97. The van der Waals surface area contributed by atoms with Crippen molar-refractivity contribution in [2.75, 3.05) is 0 Å². The van der Waals surface area contributed by atoms with Crippen LogP contribution in [-0.2, 0) is 18.8 Å². The minimum absolute atomic E-state index is 0.228. The Hall–Kier alpha value is -1.42. The fourth-order valence-electron chi connectivity index (χ4n) is 1.96. The van der Waals surface area contributed by atoms with Crippen LogP contribution in [-0.4, -0.2) is 14.8 Å². The molecule has 1 aromatic carbocycles. The van der Waals surface area contributed by atoms with Crippen molar-refractivity contribution in [3.8, 4) is 0 Å². The van der Waals surface area contributed by atoms with Crippen LogP contribution in [0, 0.1) is 11.7 Å². The maximum atomic E-state index is 12.9. The molecule has 0 fully saturated rings. The average Bonchev–Trinajstić information content (AvgIpc) is 2.74. The van der Waals surface area contributed by atoms with E-state index in [4.69, 9.17) is 11.6 Å². The Morgan fingerprint density at radius 1 is 1.16 bits per heavy atom. The number of halogens is 2. The Labute approximate surface area is 117 Å². The zero-order chi connectivity index (χ0) is 13.8. The second kappa shape index (κ2) is 6.15. The molecule has 0 saturated heterocycles. The summed E-state index contributed by atoms with van der Waals surface area (Å²) in [5.41, 5.74) is 1.01. The normalized spacial score (nSPS) is 11.2. The van der Waals surface area contributed by atoms with Crippen LogP contribution < -0.4 is 0 Å². The van der Waals surface area contributed by atoms with E-state index in [2.05, 4.69) is 28.6 Å². The van der Waals surface area contributed by atoms with E-state index < -0.39 is 0 Å². The number of nitrogens with zero attached hydrogens (tertiary/aromatic N) is 3. The van der Waals surface area contributed by atoms with Crippen LogP contribution >= 0.6 is 11.6 Å². The predicted octanol–water partition coefficient (Wildman–Crippen LogP) is 3.40. The highest BCUT2D eigenvalue weighted by molar-refractivity contribution is 6.16. The number of hydrogen-bond acceptors (Lipinski definition) is 2. The van der Waals surface area contributed by atoms with Gasteiger partial charge in [0.25, 0.3) is 0 Å². The van der Waals surface area contributed by atoms with Crippen molar-refractivity contribution in [1.29, 1.82) is 0 Å². The SMILES string of the molecule is CC(C)Cn1c(CCl)nnc1Cc1ccc(F)cc1. The lowest BCUT2D eigenvalue weighted by Crippen LogP contribution is -2.11. The van der Waals surface area contributed by atoms with Gasteiger partial charge in [-0.1, -0.05) is 26.0 Å². The molecular formula is C14H17ClFN3. The van der Waals surface area contributed by atoms with Crippen LogP contribution in [0.2, 0.25) is 0 Å². The van der Waals surface area contributed by atoms with E-state index in [0.717, 1.165) is 23.8 Å². The monoisotopic (exact) mass is 281 g/mol. The van der Waals surface area contributed by atoms with E-state index in [0.29, 0.717) is 18.2 Å². The molecule has 1 heterocycles. The Bertz CT molecular complexity index is 534. The van der Waals surface area contributed by atoms with Crippen LogP contribution in [0.5, 0.6) is 0 Å². The molecule has 0 saturated carbocycles. The highest BCUT2D eigenvalue weighted by Crippen LogP contribution is 2.13. The molecule has 0 aliphatic carbocycles. The van der Waals surface area contributed by atoms with Gasteiger partial charge in [-0.2, -0.15) is 0 Å². The summed E-state index contributed by atoms with van der Waals surface area (Å²) in [6, 6.07) is 6.45. The molecule has 3 nitrogen and oxygen atoms in total. The third-order valence-corrected chi connectivity index (χ3v) is 3.09.